The van der Waals surface area contributed by atoms with E-state index in [0.717, 1.165) is 10.4 Å². The minimum absolute atomic E-state index is 0.0156. The van der Waals surface area contributed by atoms with Crippen LogP contribution in [0.4, 0.5) is 5.13 Å². The van der Waals surface area contributed by atoms with Gasteiger partial charge < -0.3 is 0 Å². The molecule has 0 fully saturated rings. The van der Waals surface area contributed by atoms with Crippen LogP contribution in [0.15, 0.2) is 59.6 Å². The second kappa shape index (κ2) is 8.55. The Balaban J connectivity index is 1.77. The molecule has 0 saturated carbocycles. The highest BCUT2D eigenvalue weighted by molar-refractivity contribution is 7.92. The number of nitrogens with one attached hydrogen (secondary N) is 1. The lowest BCUT2D eigenvalue weighted by atomic mass is 10.1. The van der Waals surface area contributed by atoms with Gasteiger partial charge >= 0.3 is 0 Å². The Bertz CT molecular complexity index is 1170. The third-order valence-electron chi connectivity index (χ3n) is 4.29. The molecule has 0 radical (unpaired) electrons. The molecule has 2 aromatic carbocycles. The molecule has 0 atom stereocenters. The first-order valence-electron chi connectivity index (χ1n) is 8.89. The summed E-state index contributed by atoms with van der Waals surface area (Å²) in [6.45, 7) is 3.17. The van der Waals surface area contributed by atoms with Crippen LogP contribution in [0.1, 0.15) is 40.2 Å². The molecule has 0 aliphatic carbocycles. The number of hydrogen-bond donors (Lipinski definition) is 1. The van der Waals surface area contributed by atoms with Gasteiger partial charge in [-0.15, -0.1) is 11.3 Å². The summed E-state index contributed by atoms with van der Waals surface area (Å²) in [4.78, 5) is 17.9. The first-order chi connectivity index (χ1) is 13.8. The summed E-state index contributed by atoms with van der Waals surface area (Å²) in [6, 6.07) is 15.5. The molecule has 1 aromatic heterocycles. The predicted octanol–water partition coefficient (Wildman–Crippen LogP) is 4.04. The molecule has 6 nitrogen and oxygen atoms in total. The van der Waals surface area contributed by atoms with Gasteiger partial charge in [-0.1, -0.05) is 24.3 Å². The number of anilines is 1. The zero-order valence-electron chi connectivity index (χ0n) is 15.9. The van der Waals surface area contributed by atoms with Crippen molar-refractivity contribution in [2.24, 2.45) is 0 Å². The van der Waals surface area contributed by atoms with Gasteiger partial charge in [0.15, 0.2) is 15.0 Å². The summed E-state index contributed by atoms with van der Waals surface area (Å²) in [5.74, 6) is -0.510. The van der Waals surface area contributed by atoms with E-state index in [-0.39, 0.29) is 10.5 Å². The number of thiazole rings is 1. The van der Waals surface area contributed by atoms with E-state index >= 15 is 0 Å². The highest BCUT2D eigenvalue weighted by Crippen LogP contribution is 2.24. The summed E-state index contributed by atoms with van der Waals surface area (Å²) in [5, 5.41) is 11.3. The third kappa shape index (κ3) is 4.70. The normalized spacial score (nSPS) is 11.2. The average Bonchev–Trinajstić information content (AvgIpc) is 3.15. The summed E-state index contributed by atoms with van der Waals surface area (Å²) >= 11 is 1.32. The van der Waals surface area contributed by atoms with Gasteiger partial charge in [-0.2, -0.15) is 5.26 Å². The maximum absolute atomic E-state index is 12.7. The molecular formula is C21H19N3O3S2. The van der Waals surface area contributed by atoms with Crippen LogP contribution in [0.3, 0.4) is 0 Å². The minimum Gasteiger partial charge on any atom is -0.298 e. The molecule has 0 unspecified atom stereocenters. The Morgan fingerprint density at radius 3 is 2.52 bits per heavy atom. The number of carbonyl (C=O) groups is 1. The predicted molar refractivity (Wildman–Crippen MR) is 113 cm³/mol. The van der Waals surface area contributed by atoms with Crippen molar-refractivity contribution in [3.8, 4) is 6.07 Å². The van der Waals surface area contributed by atoms with E-state index in [4.69, 9.17) is 5.26 Å². The molecule has 0 aliphatic heterocycles. The van der Waals surface area contributed by atoms with Crippen molar-refractivity contribution in [2.75, 3.05) is 5.32 Å². The maximum atomic E-state index is 12.7. The van der Waals surface area contributed by atoms with Crippen molar-refractivity contribution in [2.45, 2.75) is 30.4 Å². The van der Waals surface area contributed by atoms with Crippen molar-refractivity contribution < 1.29 is 13.2 Å². The summed E-state index contributed by atoms with van der Waals surface area (Å²) in [6.07, 6.45) is 2.30. The molecule has 1 amide bonds. The fraction of sp³-hybridized carbons (Fsp3) is 0.190. The van der Waals surface area contributed by atoms with E-state index in [1.54, 1.807) is 44.3 Å². The van der Waals surface area contributed by atoms with Crippen molar-refractivity contribution in [3.63, 3.8) is 0 Å². The van der Waals surface area contributed by atoms with Crippen LogP contribution in [-0.4, -0.2) is 24.6 Å². The molecule has 0 saturated heterocycles. The van der Waals surface area contributed by atoms with Crippen LogP contribution in [0.5, 0.6) is 0 Å². The first-order valence-corrected chi connectivity index (χ1v) is 11.3. The zero-order chi connectivity index (χ0) is 21.0. The van der Waals surface area contributed by atoms with E-state index in [0.29, 0.717) is 17.1 Å². The largest absolute Gasteiger partial charge is 0.298 e. The van der Waals surface area contributed by atoms with Crippen LogP contribution in [0.25, 0.3) is 0 Å². The molecule has 8 heteroatoms. The zero-order valence-corrected chi connectivity index (χ0v) is 17.5. The van der Waals surface area contributed by atoms with E-state index < -0.39 is 21.0 Å². The summed E-state index contributed by atoms with van der Waals surface area (Å²) in [5.41, 5.74) is 1.73. The molecule has 0 aliphatic rings. The Labute approximate surface area is 173 Å². The fourth-order valence-electron chi connectivity index (χ4n) is 2.67. The number of rotatable bonds is 6. The van der Waals surface area contributed by atoms with Gasteiger partial charge in [0, 0.05) is 17.5 Å². The van der Waals surface area contributed by atoms with Gasteiger partial charge in [0.05, 0.1) is 27.3 Å². The van der Waals surface area contributed by atoms with Gasteiger partial charge in [0.2, 0.25) is 0 Å². The van der Waals surface area contributed by atoms with E-state index in [1.807, 2.05) is 12.1 Å². The van der Waals surface area contributed by atoms with E-state index in [9.17, 15) is 13.2 Å². The van der Waals surface area contributed by atoms with E-state index in [2.05, 4.69) is 16.4 Å². The number of carbonyl (C=O) groups excluding carboxylic acids is 1. The molecule has 3 rings (SSSR count). The summed E-state index contributed by atoms with van der Waals surface area (Å²) < 4.78 is 25.1. The van der Waals surface area contributed by atoms with Gasteiger partial charge in [0.1, 0.15) is 0 Å². The van der Waals surface area contributed by atoms with Crippen LogP contribution >= 0.6 is 11.3 Å². The lowest BCUT2D eigenvalue weighted by Gasteiger charge is -2.12. The first kappa shape index (κ1) is 20.7. The second-order valence-electron chi connectivity index (χ2n) is 6.66. The SMILES string of the molecule is CC(C)S(=O)(=O)c1ccccc1C(=O)Nc1ncc(Cc2ccc(C#N)cc2)s1. The van der Waals surface area contributed by atoms with E-state index in [1.165, 1.54) is 23.5 Å². The molecule has 0 bridgehead atoms. The molecule has 1 N–H and O–H groups in total. The second-order valence-corrected chi connectivity index (χ2v) is 10.2. The molecular weight excluding hydrogens is 406 g/mol. The monoisotopic (exact) mass is 425 g/mol. The Morgan fingerprint density at radius 1 is 1.17 bits per heavy atom. The summed E-state index contributed by atoms with van der Waals surface area (Å²) in [7, 11) is -3.59. The number of nitrogens with zero attached hydrogens (tertiary/aromatic N) is 2. The highest BCUT2D eigenvalue weighted by Gasteiger charge is 2.25. The van der Waals surface area contributed by atoms with Gasteiger partial charge in [0.25, 0.3) is 5.91 Å². The number of hydrogen-bond acceptors (Lipinski definition) is 6. The van der Waals surface area contributed by atoms with Crippen molar-refractivity contribution >= 4 is 32.2 Å². The lowest BCUT2D eigenvalue weighted by Crippen LogP contribution is -2.20. The Morgan fingerprint density at radius 2 is 1.86 bits per heavy atom. The van der Waals surface area contributed by atoms with Gasteiger partial charge in [-0.25, -0.2) is 13.4 Å². The standard InChI is InChI=1S/C21H19N3O3S2/c1-14(2)29(26,27)19-6-4-3-5-18(19)20(25)24-21-23-13-17(28-21)11-15-7-9-16(12-22)10-8-15/h3-10,13-14H,11H2,1-2H3,(H,23,24,25). The van der Waals surface area contributed by atoms with Crippen LogP contribution in [-0.2, 0) is 16.3 Å². The lowest BCUT2D eigenvalue weighted by molar-refractivity contribution is 0.102. The van der Waals surface area contributed by atoms with Crippen molar-refractivity contribution in [1.82, 2.24) is 4.98 Å². The topological polar surface area (TPSA) is 99.9 Å². The number of benzene rings is 2. The van der Waals surface area contributed by atoms with Crippen molar-refractivity contribution in [3.05, 3.63) is 76.3 Å². The number of aromatic nitrogens is 1. The van der Waals surface area contributed by atoms with Gasteiger partial charge in [-0.05, 0) is 43.7 Å². The van der Waals surface area contributed by atoms with Gasteiger partial charge in [-0.3, -0.25) is 10.1 Å². The number of amides is 1. The van der Waals surface area contributed by atoms with Crippen LogP contribution in [0, 0.1) is 11.3 Å². The maximum Gasteiger partial charge on any atom is 0.258 e. The fourth-order valence-corrected chi connectivity index (χ4v) is 4.75. The van der Waals surface area contributed by atoms with Crippen LogP contribution < -0.4 is 5.32 Å². The smallest absolute Gasteiger partial charge is 0.258 e. The minimum atomic E-state index is -3.59. The highest BCUT2D eigenvalue weighted by atomic mass is 32.2. The third-order valence-corrected chi connectivity index (χ3v) is 7.42. The molecule has 1 heterocycles. The Kier molecular flexibility index (Phi) is 6.11. The number of sulfone groups is 1. The quantitative estimate of drug-likeness (QED) is 0.642. The molecule has 3 aromatic rings. The molecule has 148 valence electrons. The Hall–Kier alpha value is -3.02. The molecule has 29 heavy (non-hydrogen) atoms. The van der Waals surface area contributed by atoms with Crippen LogP contribution in [0.2, 0.25) is 0 Å². The van der Waals surface area contributed by atoms with Crippen molar-refractivity contribution in [1.29, 1.82) is 5.26 Å². The number of nitriles is 1. The average molecular weight is 426 g/mol. The molecule has 0 spiro atoms.